The lowest BCUT2D eigenvalue weighted by atomic mass is 10.1. The van der Waals surface area contributed by atoms with Crippen LogP contribution in [-0.4, -0.2) is 12.5 Å². The summed E-state index contributed by atoms with van der Waals surface area (Å²) < 4.78 is 6.50. The van der Waals surface area contributed by atoms with Crippen molar-refractivity contribution in [2.45, 2.75) is 27.3 Å². The maximum Gasteiger partial charge on any atom is 0.262 e. The number of halogens is 1. The first-order chi connectivity index (χ1) is 13.9. The molecule has 0 spiro atoms. The SMILES string of the molecule is Cc1ccc(NCc2ccc(OCC(=O)Nc3ccc(C)c(C)c3)c(Br)c2)cc1. The van der Waals surface area contributed by atoms with E-state index in [1.165, 1.54) is 11.1 Å². The summed E-state index contributed by atoms with van der Waals surface area (Å²) in [6.07, 6.45) is 0. The van der Waals surface area contributed by atoms with E-state index in [0.29, 0.717) is 12.3 Å². The number of aryl methyl sites for hydroxylation is 3. The second-order valence-corrected chi connectivity index (χ2v) is 7.97. The van der Waals surface area contributed by atoms with E-state index in [2.05, 4.69) is 57.8 Å². The van der Waals surface area contributed by atoms with E-state index in [0.717, 1.165) is 27.0 Å². The van der Waals surface area contributed by atoms with Gasteiger partial charge in [-0.3, -0.25) is 4.79 Å². The molecular weight excluding hydrogens is 428 g/mol. The summed E-state index contributed by atoms with van der Waals surface area (Å²) in [6.45, 7) is 6.79. The number of rotatable bonds is 7. The van der Waals surface area contributed by atoms with Crippen LogP contribution in [0.25, 0.3) is 0 Å². The average Bonchev–Trinajstić information content (AvgIpc) is 2.69. The Kier molecular flexibility index (Phi) is 6.94. The third-order valence-electron chi connectivity index (χ3n) is 4.69. The highest BCUT2D eigenvalue weighted by Gasteiger charge is 2.08. The fourth-order valence-corrected chi connectivity index (χ4v) is 3.35. The number of carbonyl (C=O) groups is 1. The van der Waals surface area contributed by atoms with Gasteiger partial charge < -0.3 is 15.4 Å². The monoisotopic (exact) mass is 452 g/mol. The Morgan fingerprint density at radius 3 is 2.31 bits per heavy atom. The summed E-state index contributed by atoms with van der Waals surface area (Å²) in [5, 5.41) is 6.26. The summed E-state index contributed by atoms with van der Waals surface area (Å²) >= 11 is 3.53. The molecule has 29 heavy (non-hydrogen) atoms. The predicted molar refractivity (Wildman–Crippen MR) is 123 cm³/mol. The van der Waals surface area contributed by atoms with E-state index in [1.807, 2.05) is 50.2 Å². The van der Waals surface area contributed by atoms with Crippen LogP contribution in [-0.2, 0) is 11.3 Å². The molecule has 3 aromatic rings. The number of anilines is 2. The van der Waals surface area contributed by atoms with Gasteiger partial charge >= 0.3 is 0 Å². The van der Waals surface area contributed by atoms with Gasteiger partial charge in [0.2, 0.25) is 0 Å². The Labute approximate surface area is 180 Å². The highest BCUT2D eigenvalue weighted by molar-refractivity contribution is 9.10. The second kappa shape index (κ2) is 9.61. The normalized spacial score (nSPS) is 10.5. The van der Waals surface area contributed by atoms with Gasteiger partial charge in [0.15, 0.2) is 6.61 Å². The molecule has 2 N–H and O–H groups in total. The molecule has 1 amide bonds. The summed E-state index contributed by atoms with van der Waals surface area (Å²) in [7, 11) is 0. The smallest absolute Gasteiger partial charge is 0.262 e. The van der Waals surface area contributed by atoms with Crippen molar-refractivity contribution >= 4 is 33.2 Å². The summed E-state index contributed by atoms with van der Waals surface area (Å²) in [5.74, 6) is 0.449. The van der Waals surface area contributed by atoms with Gasteiger partial charge in [0.1, 0.15) is 5.75 Å². The number of carbonyl (C=O) groups excluding carboxylic acids is 1. The van der Waals surface area contributed by atoms with Crippen LogP contribution in [0.2, 0.25) is 0 Å². The molecule has 0 aromatic heterocycles. The molecule has 4 nitrogen and oxygen atoms in total. The van der Waals surface area contributed by atoms with Crippen LogP contribution in [0.4, 0.5) is 11.4 Å². The Hall–Kier alpha value is -2.79. The minimum atomic E-state index is -0.190. The fraction of sp³-hybridized carbons (Fsp3) is 0.208. The van der Waals surface area contributed by atoms with Crippen LogP contribution in [0.1, 0.15) is 22.3 Å². The molecule has 3 rings (SSSR count). The summed E-state index contributed by atoms with van der Waals surface area (Å²) in [5.41, 5.74) is 6.54. The van der Waals surface area contributed by atoms with Crippen molar-refractivity contribution in [3.8, 4) is 5.75 Å². The number of amides is 1. The summed E-state index contributed by atoms with van der Waals surface area (Å²) in [6, 6.07) is 20.0. The van der Waals surface area contributed by atoms with Crippen molar-refractivity contribution in [3.05, 3.63) is 87.4 Å². The van der Waals surface area contributed by atoms with Crippen molar-refractivity contribution in [3.63, 3.8) is 0 Å². The van der Waals surface area contributed by atoms with E-state index in [-0.39, 0.29) is 12.5 Å². The molecule has 0 radical (unpaired) electrons. The van der Waals surface area contributed by atoms with Crippen LogP contribution in [0, 0.1) is 20.8 Å². The molecule has 0 unspecified atom stereocenters. The lowest BCUT2D eigenvalue weighted by molar-refractivity contribution is -0.118. The standard InChI is InChI=1S/C24H25BrN2O2/c1-16-4-8-20(9-5-16)26-14-19-7-11-23(22(25)13-19)29-15-24(28)27-21-10-6-17(2)18(3)12-21/h4-13,26H,14-15H2,1-3H3,(H,27,28). The molecule has 150 valence electrons. The predicted octanol–water partition coefficient (Wildman–Crippen LogP) is 6.00. The number of ether oxygens (including phenoxy) is 1. The van der Waals surface area contributed by atoms with Crippen molar-refractivity contribution in [2.24, 2.45) is 0 Å². The zero-order valence-corrected chi connectivity index (χ0v) is 18.5. The second-order valence-electron chi connectivity index (χ2n) is 7.12. The average molecular weight is 453 g/mol. The molecule has 0 bridgehead atoms. The third kappa shape index (κ3) is 6.09. The maximum atomic E-state index is 12.2. The van der Waals surface area contributed by atoms with Crippen molar-refractivity contribution in [2.75, 3.05) is 17.2 Å². The molecule has 0 saturated carbocycles. The maximum absolute atomic E-state index is 12.2. The van der Waals surface area contributed by atoms with Crippen LogP contribution >= 0.6 is 15.9 Å². The molecule has 0 atom stereocenters. The van der Waals surface area contributed by atoms with E-state index in [1.54, 1.807) is 0 Å². The Morgan fingerprint density at radius 2 is 1.62 bits per heavy atom. The molecular formula is C24H25BrN2O2. The first-order valence-electron chi connectivity index (χ1n) is 9.49. The number of nitrogens with one attached hydrogen (secondary N) is 2. The lowest BCUT2D eigenvalue weighted by Gasteiger charge is -2.12. The molecule has 0 aliphatic rings. The minimum absolute atomic E-state index is 0.0491. The molecule has 0 aliphatic heterocycles. The van der Waals surface area contributed by atoms with Crippen molar-refractivity contribution in [1.82, 2.24) is 0 Å². The summed E-state index contributed by atoms with van der Waals surface area (Å²) in [4.78, 5) is 12.2. The zero-order chi connectivity index (χ0) is 20.8. The number of benzene rings is 3. The molecule has 3 aromatic carbocycles. The molecule has 0 fully saturated rings. The van der Waals surface area contributed by atoms with Crippen LogP contribution < -0.4 is 15.4 Å². The minimum Gasteiger partial charge on any atom is -0.483 e. The van der Waals surface area contributed by atoms with Gasteiger partial charge in [-0.05, 0) is 89.8 Å². The Balaban J connectivity index is 1.52. The van der Waals surface area contributed by atoms with Gasteiger partial charge in [0.05, 0.1) is 4.47 Å². The number of hydrogen-bond acceptors (Lipinski definition) is 3. The van der Waals surface area contributed by atoms with Gasteiger partial charge in [-0.15, -0.1) is 0 Å². The van der Waals surface area contributed by atoms with E-state index < -0.39 is 0 Å². The van der Waals surface area contributed by atoms with E-state index in [9.17, 15) is 4.79 Å². The van der Waals surface area contributed by atoms with Gasteiger partial charge in [-0.1, -0.05) is 29.8 Å². The fourth-order valence-electron chi connectivity index (χ4n) is 2.81. The Morgan fingerprint density at radius 1 is 0.897 bits per heavy atom. The third-order valence-corrected chi connectivity index (χ3v) is 5.31. The highest BCUT2D eigenvalue weighted by atomic mass is 79.9. The highest BCUT2D eigenvalue weighted by Crippen LogP contribution is 2.26. The number of hydrogen-bond donors (Lipinski definition) is 2. The molecule has 0 heterocycles. The van der Waals surface area contributed by atoms with Crippen molar-refractivity contribution < 1.29 is 9.53 Å². The van der Waals surface area contributed by atoms with Crippen LogP contribution in [0.5, 0.6) is 5.75 Å². The van der Waals surface area contributed by atoms with Gasteiger partial charge in [0.25, 0.3) is 5.91 Å². The molecule has 0 saturated heterocycles. The van der Waals surface area contributed by atoms with Crippen molar-refractivity contribution in [1.29, 1.82) is 0 Å². The topological polar surface area (TPSA) is 50.4 Å². The Bertz CT molecular complexity index is 1000. The quantitative estimate of drug-likeness (QED) is 0.461. The van der Waals surface area contributed by atoms with Crippen LogP contribution in [0.3, 0.4) is 0 Å². The lowest BCUT2D eigenvalue weighted by Crippen LogP contribution is -2.20. The van der Waals surface area contributed by atoms with Gasteiger partial charge in [0, 0.05) is 17.9 Å². The van der Waals surface area contributed by atoms with Gasteiger partial charge in [-0.2, -0.15) is 0 Å². The molecule has 5 heteroatoms. The van der Waals surface area contributed by atoms with Crippen LogP contribution in [0.15, 0.2) is 65.1 Å². The zero-order valence-electron chi connectivity index (χ0n) is 16.9. The first kappa shape index (κ1) is 20.9. The van der Waals surface area contributed by atoms with E-state index >= 15 is 0 Å². The molecule has 0 aliphatic carbocycles. The largest absolute Gasteiger partial charge is 0.483 e. The first-order valence-corrected chi connectivity index (χ1v) is 10.3. The van der Waals surface area contributed by atoms with Gasteiger partial charge in [-0.25, -0.2) is 0 Å². The van der Waals surface area contributed by atoms with E-state index in [4.69, 9.17) is 4.74 Å².